The van der Waals surface area contributed by atoms with Crippen molar-refractivity contribution in [2.24, 2.45) is 0 Å². The minimum Gasteiger partial charge on any atom is -0.380 e. The highest BCUT2D eigenvalue weighted by Gasteiger charge is 2.36. The monoisotopic (exact) mass is 284 g/mol. The molecule has 3 aromatic rings. The van der Waals surface area contributed by atoms with Crippen LogP contribution in [0, 0.1) is 0 Å². The van der Waals surface area contributed by atoms with Gasteiger partial charge in [-0.1, -0.05) is 0 Å². The van der Waals surface area contributed by atoms with Gasteiger partial charge in [-0.3, -0.25) is 0 Å². The van der Waals surface area contributed by atoms with Gasteiger partial charge in [-0.25, -0.2) is 15.0 Å². The summed E-state index contributed by atoms with van der Waals surface area (Å²) in [5.41, 5.74) is 0.846. The molecule has 0 bridgehead atoms. The van der Waals surface area contributed by atoms with E-state index in [2.05, 4.69) is 29.8 Å². The van der Waals surface area contributed by atoms with Crippen LogP contribution in [0.2, 0.25) is 0 Å². The van der Waals surface area contributed by atoms with Crippen LogP contribution in [-0.4, -0.2) is 44.7 Å². The zero-order valence-corrected chi connectivity index (χ0v) is 11.7. The molecule has 7 nitrogen and oxygen atoms in total. The number of nitrogens with zero attached hydrogens (tertiary/aromatic N) is 4. The molecule has 0 amide bonds. The zero-order valence-electron chi connectivity index (χ0n) is 11.7. The Morgan fingerprint density at radius 2 is 2.19 bits per heavy atom. The summed E-state index contributed by atoms with van der Waals surface area (Å²) in [5, 5.41) is 1.02. The third-order valence-corrected chi connectivity index (χ3v) is 4.04. The number of hydrogen-bond acceptors (Lipinski definition) is 5. The Labute approximate surface area is 121 Å². The van der Waals surface area contributed by atoms with E-state index < -0.39 is 0 Å². The van der Waals surface area contributed by atoms with Crippen LogP contribution in [0.1, 0.15) is 18.3 Å². The van der Waals surface area contributed by atoms with E-state index in [9.17, 15) is 0 Å². The fraction of sp³-hybridized carbons (Fsp3) is 0.357. The Balaban J connectivity index is 1.79. The van der Waals surface area contributed by atoms with Gasteiger partial charge in [-0.05, 0) is 6.07 Å². The third-order valence-electron chi connectivity index (χ3n) is 4.04. The second-order valence-corrected chi connectivity index (χ2v) is 5.17. The molecule has 7 heteroatoms. The van der Waals surface area contributed by atoms with E-state index in [0.29, 0.717) is 0 Å². The maximum Gasteiger partial charge on any atom is 0.142 e. The number of methoxy groups -OCH3 is 1. The Hall–Kier alpha value is -2.41. The van der Waals surface area contributed by atoms with Crippen molar-refractivity contribution in [1.29, 1.82) is 0 Å². The van der Waals surface area contributed by atoms with Crippen molar-refractivity contribution < 1.29 is 4.74 Å². The maximum absolute atomic E-state index is 5.55. The number of aromatic amines is 2. The van der Waals surface area contributed by atoms with Crippen LogP contribution >= 0.6 is 0 Å². The van der Waals surface area contributed by atoms with Gasteiger partial charge < -0.3 is 19.6 Å². The fourth-order valence-corrected chi connectivity index (χ4v) is 3.01. The van der Waals surface area contributed by atoms with Crippen molar-refractivity contribution >= 4 is 16.9 Å². The van der Waals surface area contributed by atoms with Crippen molar-refractivity contribution in [3.05, 3.63) is 36.8 Å². The van der Waals surface area contributed by atoms with Crippen molar-refractivity contribution in [3.8, 4) is 0 Å². The smallest absolute Gasteiger partial charge is 0.142 e. The van der Waals surface area contributed by atoms with Gasteiger partial charge >= 0.3 is 0 Å². The summed E-state index contributed by atoms with van der Waals surface area (Å²) in [6.07, 6.45) is 8.16. The largest absolute Gasteiger partial charge is 0.380 e. The zero-order chi connectivity index (χ0) is 14.2. The minimum absolute atomic E-state index is 0.137. The third kappa shape index (κ3) is 1.97. The molecular weight excluding hydrogens is 268 g/mol. The second kappa shape index (κ2) is 4.85. The number of H-pyrrole nitrogens is 2. The summed E-state index contributed by atoms with van der Waals surface area (Å²) in [4.78, 5) is 21.7. The number of imidazole rings is 1. The van der Waals surface area contributed by atoms with Gasteiger partial charge in [-0.2, -0.15) is 0 Å². The average Bonchev–Trinajstić information content (AvgIpc) is 3.25. The Bertz CT molecular complexity index is 737. The van der Waals surface area contributed by atoms with Crippen LogP contribution < -0.4 is 4.90 Å². The average molecular weight is 284 g/mol. The molecule has 0 spiro atoms. The van der Waals surface area contributed by atoms with Gasteiger partial charge in [0.05, 0.1) is 17.5 Å². The van der Waals surface area contributed by atoms with Crippen LogP contribution in [-0.2, 0) is 4.74 Å². The number of nitrogens with one attached hydrogen (secondary N) is 2. The number of anilines is 1. The van der Waals surface area contributed by atoms with Crippen LogP contribution in [0.4, 0.5) is 5.82 Å². The number of fused-ring (bicyclic) bond motifs is 1. The predicted molar refractivity (Wildman–Crippen MR) is 78.0 cm³/mol. The molecule has 0 aromatic carbocycles. The topological polar surface area (TPSA) is 82.7 Å². The highest BCUT2D eigenvalue weighted by molar-refractivity contribution is 5.87. The molecule has 0 radical (unpaired) electrons. The fourth-order valence-electron chi connectivity index (χ4n) is 3.01. The molecule has 4 rings (SSSR count). The van der Waals surface area contributed by atoms with E-state index in [1.165, 1.54) is 0 Å². The van der Waals surface area contributed by atoms with Crippen molar-refractivity contribution in [1.82, 2.24) is 24.9 Å². The second-order valence-electron chi connectivity index (χ2n) is 5.17. The van der Waals surface area contributed by atoms with Crippen LogP contribution in [0.25, 0.3) is 11.0 Å². The lowest BCUT2D eigenvalue weighted by Gasteiger charge is -2.24. The number of rotatable bonds is 3. The van der Waals surface area contributed by atoms with E-state index in [-0.39, 0.29) is 12.1 Å². The molecule has 21 heavy (non-hydrogen) atoms. The molecule has 1 fully saturated rings. The standard InChI is InChI=1S/C14H16N6O/c1-21-9-6-11(13-16-4-5-17-13)20(7-9)14-10-2-3-15-12(10)18-8-19-14/h2-5,8-9,11H,6-7H2,1H3,(H,16,17)(H,15,18,19)/t9-,11?/m1/s1. The van der Waals surface area contributed by atoms with Gasteiger partial charge in [0.15, 0.2) is 0 Å². The lowest BCUT2D eigenvalue weighted by atomic mass is 10.2. The van der Waals surface area contributed by atoms with Crippen LogP contribution in [0.15, 0.2) is 31.0 Å². The molecule has 2 N–H and O–H groups in total. The summed E-state index contributed by atoms with van der Waals surface area (Å²) in [7, 11) is 1.75. The van der Waals surface area contributed by atoms with Crippen molar-refractivity contribution in [2.45, 2.75) is 18.6 Å². The highest BCUT2D eigenvalue weighted by Crippen LogP contribution is 2.37. The summed E-state index contributed by atoms with van der Waals surface area (Å²) in [6, 6.07) is 2.14. The maximum atomic E-state index is 5.55. The first-order chi connectivity index (χ1) is 10.4. The van der Waals surface area contributed by atoms with E-state index in [1.54, 1.807) is 19.6 Å². The Morgan fingerprint density at radius 1 is 1.24 bits per heavy atom. The summed E-state index contributed by atoms with van der Waals surface area (Å²) < 4.78 is 5.55. The first-order valence-corrected chi connectivity index (χ1v) is 6.93. The molecule has 108 valence electrons. The lowest BCUT2D eigenvalue weighted by molar-refractivity contribution is 0.118. The van der Waals surface area contributed by atoms with Gasteiger partial charge in [0.1, 0.15) is 23.6 Å². The summed E-state index contributed by atoms with van der Waals surface area (Å²) in [6.45, 7) is 0.791. The quantitative estimate of drug-likeness (QED) is 0.764. The molecule has 1 saturated heterocycles. The van der Waals surface area contributed by atoms with Gasteiger partial charge in [0.25, 0.3) is 0 Å². The van der Waals surface area contributed by atoms with Crippen molar-refractivity contribution in [2.75, 3.05) is 18.6 Å². The lowest BCUT2D eigenvalue weighted by Crippen LogP contribution is -2.26. The Kier molecular flexibility index (Phi) is 2.85. The normalized spacial score (nSPS) is 22.2. The first kappa shape index (κ1) is 12.3. The van der Waals surface area contributed by atoms with Crippen LogP contribution in [0.3, 0.4) is 0 Å². The highest BCUT2D eigenvalue weighted by atomic mass is 16.5. The number of hydrogen-bond donors (Lipinski definition) is 2. The molecular formula is C14H16N6O. The van der Waals surface area contributed by atoms with Crippen LogP contribution in [0.5, 0.6) is 0 Å². The molecule has 2 atom stereocenters. The molecule has 4 heterocycles. The molecule has 0 saturated carbocycles. The molecule has 3 aromatic heterocycles. The molecule has 1 unspecified atom stereocenters. The van der Waals surface area contributed by atoms with Gasteiger partial charge in [0.2, 0.25) is 0 Å². The minimum atomic E-state index is 0.137. The number of ether oxygens (including phenoxy) is 1. The number of aromatic nitrogens is 5. The SMILES string of the molecule is CO[C@@H]1CC(c2ncc[nH]2)N(c2ncnc3[nH]ccc23)C1. The molecule has 1 aliphatic heterocycles. The van der Waals surface area contributed by atoms with E-state index in [0.717, 1.165) is 35.6 Å². The van der Waals surface area contributed by atoms with Crippen molar-refractivity contribution in [3.63, 3.8) is 0 Å². The van der Waals surface area contributed by atoms with Gasteiger partial charge in [-0.15, -0.1) is 0 Å². The summed E-state index contributed by atoms with van der Waals surface area (Å²) in [5.74, 6) is 1.86. The van der Waals surface area contributed by atoms with E-state index in [1.807, 2.05) is 18.5 Å². The van der Waals surface area contributed by atoms with E-state index in [4.69, 9.17) is 4.74 Å². The van der Waals surface area contributed by atoms with Gasteiger partial charge in [0, 0.05) is 38.7 Å². The first-order valence-electron chi connectivity index (χ1n) is 6.93. The molecule has 1 aliphatic rings. The van der Waals surface area contributed by atoms with E-state index >= 15 is 0 Å². The molecule has 0 aliphatic carbocycles. The summed E-state index contributed by atoms with van der Waals surface area (Å²) >= 11 is 0. The Morgan fingerprint density at radius 3 is 3.00 bits per heavy atom. The predicted octanol–water partition coefficient (Wildman–Crippen LogP) is 1.65.